The van der Waals surface area contributed by atoms with E-state index in [2.05, 4.69) is 12.2 Å². The van der Waals surface area contributed by atoms with Gasteiger partial charge in [0.1, 0.15) is 0 Å². The average Bonchev–Trinajstić information content (AvgIpc) is 2.85. The molecule has 3 N–H and O–H groups in total. The lowest BCUT2D eigenvalue weighted by molar-refractivity contribution is -0.125. The quantitative estimate of drug-likeness (QED) is 0.808. The van der Waals surface area contributed by atoms with E-state index >= 15 is 0 Å². The molecule has 0 saturated heterocycles. The fourth-order valence-electron chi connectivity index (χ4n) is 3.76. The number of carbonyl (C=O) groups excluding carboxylic acids is 1. The topological polar surface area (TPSA) is 55.1 Å². The Hall–Kier alpha value is -0.570. The standard InChI is InChI=1S/C15H28N2O/c1-12-6-4-5-9-15(12,11-16)17-14(18)10-13-7-2-3-8-13/h12-13H,2-11,16H2,1H3,(H,17,18). The Kier molecular flexibility index (Phi) is 4.66. The normalized spacial score (nSPS) is 33.6. The lowest BCUT2D eigenvalue weighted by Crippen LogP contribution is -2.59. The molecule has 0 radical (unpaired) electrons. The highest BCUT2D eigenvalue weighted by molar-refractivity contribution is 5.77. The van der Waals surface area contributed by atoms with Gasteiger partial charge in [-0.05, 0) is 37.5 Å². The molecular formula is C15H28N2O. The first-order chi connectivity index (χ1) is 8.66. The minimum Gasteiger partial charge on any atom is -0.349 e. The fourth-order valence-corrected chi connectivity index (χ4v) is 3.76. The zero-order chi connectivity index (χ0) is 13.0. The van der Waals surface area contributed by atoms with Crippen LogP contribution in [0, 0.1) is 11.8 Å². The van der Waals surface area contributed by atoms with Crippen LogP contribution < -0.4 is 11.1 Å². The molecule has 2 fully saturated rings. The van der Waals surface area contributed by atoms with Crippen LogP contribution in [0.25, 0.3) is 0 Å². The van der Waals surface area contributed by atoms with Crippen molar-refractivity contribution in [3.8, 4) is 0 Å². The molecule has 2 aliphatic rings. The number of nitrogens with one attached hydrogen (secondary N) is 1. The van der Waals surface area contributed by atoms with Gasteiger partial charge in [0.05, 0.1) is 5.54 Å². The number of hydrogen-bond acceptors (Lipinski definition) is 2. The summed E-state index contributed by atoms with van der Waals surface area (Å²) in [7, 11) is 0. The Labute approximate surface area is 111 Å². The summed E-state index contributed by atoms with van der Waals surface area (Å²) in [5, 5.41) is 3.29. The average molecular weight is 252 g/mol. The van der Waals surface area contributed by atoms with Gasteiger partial charge >= 0.3 is 0 Å². The molecule has 0 aromatic carbocycles. The van der Waals surface area contributed by atoms with Gasteiger partial charge in [-0.15, -0.1) is 0 Å². The van der Waals surface area contributed by atoms with Crippen LogP contribution in [-0.2, 0) is 4.79 Å². The lowest BCUT2D eigenvalue weighted by atomic mass is 9.73. The molecule has 0 aromatic rings. The van der Waals surface area contributed by atoms with Gasteiger partial charge in [-0.3, -0.25) is 4.79 Å². The van der Waals surface area contributed by atoms with Crippen LogP contribution in [0.2, 0.25) is 0 Å². The van der Waals surface area contributed by atoms with Gasteiger partial charge in [-0.2, -0.15) is 0 Å². The van der Waals surface area contributed by atoms with Crippen LogP contribution in [0.3, 0.4) is 0 Å². The predicted molar refractivity (Wildman–Crippen MR) is 74.1 cm³/mol. The maximum absolute atomic E-state index is 12.2. The summed E-state index contributed by atoms with van der Waals surface area (Å²) in [6.45, 7) is 2.83. The van der Waals surface area contributed by atoms with Crippen molar-refractivity contribution in [1.82, 2.24) is 5.32 Å². The van der Waals surface area contributed by atoms with Crippen LogP contribution in [0.1, 0.15) is 64.7 Å². The van der Waals surface area contributed by atoms with E-state index in [9.17, 15) is 4.79 Å². The van der Waals surface area contributed by atoms with E-state index in [0.717, 1.165) is 6.42 Å². The largest absolute Gasteiger partial charge is 0.349 e. The van der Waals surface area contributed by atoms with Gasteiger partial charge in [-0.1, -0.05) is 32.6 Å². The van der Waals surface area contributed by atoms with Crippen molar-refractivity contribution in [2.24, 2.45) is 17.6 Å². The first-order valence-electron chi connectivity index (χ1n) is 7.67. The number of hydrogen-bond donors (Lipinski definition) is 2. The van der Waals surface area contributed by atoms with Gasteiger partial charge in [0.25, 0.3) is 0 Å². The highest BCUT2D eigenvalue weighted by Crippen LogP contribution is 2.34. The predicted octanol–water partition coefficient (Wildman–Crippen LogP) is 2.59. The van der Waals surface area contributed by atoms with Crippen molar-refractivity contribution in [3.05, 3.63) is 0 Å². The maximum Gasteiger partial charge on any atom is 0.220 e. The summed E-state index contributed by atoms with van der Waals surface area (Å²) in [5.74, 6) is 1.38. The van der Waals surface area contributed by atoms with Crippen LogP contribution >= 0.6 is 0 Å². The van der Waals surface area contributed by atoms with Crippen molar-refractivity contribution in [2.45, 2.75) is 70.3 Å². The second kappa shape index (κ2) is 6.05. The molecule has 2 saturated carbocycles. The molecule has 2 atom stereocenters. The van der Waals surface area contributed by atoms with E-state index in [1.807, 2.05) is 0 Å². The van der Waals surface area contributed by atoms with Crippen molar-refractivity contribution in [3.63, 3.8) is 0 Å². The summed E-state index contributed by atoms with van der Waals surface area (Å²) < 4.78 is 0. The molecule has 0 bridgehead atoms. The van der Waals surface area contributed by atoms with E-state index in [0.29, 0.717) is 24.8 Å². The Morgan fingerprint density at radius 2 is 1.89 bits per heavy atom. The van der Waals surface area contributed by atoms with Gasteiger partial charge < -0.3 is 11.1 Å². The smallest absolute Gasteiger partial charge is 0.220 e. The zero-order valence-electron chi connectivity index (χ0n) is 11.7. The molecule has 2 aliphatic carbocycles. The Morgan fingerprint density at radius 1 is 1.22 bits per heavy atom. The first kappa shape index (κ1) is 13.9. The molecule has 2 unspecified atom stereocenters. The van der Waals surface area contributed by atoms with Crippen LogP contribution in [-0.4, -0.2) is 18.0 Å². The molecule has 0 spiro atoms. The number of nitrogens with two attached hydrogens (primary N) is 1. The Morgan fingerprint density at radius 3 is 2.50 bits per heavy atom. The van der Waals surface area contributed by atoms with Gasteiger partial charge in [0.15, 0.2) is 0 Å². The molecule has 104 valence electrons. The minimum absolute atomic E-state index is 0.117. The molecule has 3 nitrogen and oxygen atoms in total. The van der Waals surface area contributed by atoms with Gasteiger partial charge in [0, 0.05) is 13.0 Å². The Balaban J connectivity index is 1.90. The molecule has 3 heteroatoms. The molecular weight excluding hydrogens is 224 g/mol. The highest BCUT2D eigenvalue weighted by atomic mass is 16.1. The second-order valence-corrected chi connectivity index (χ2v) is 6.41. The van der Waals surface area contributed by atoms with Crippen molar-refractivity contribution < 1.29 is 4.79 Å². The third-order valence-corrected chi connectivity index (χ3v) is 5.15. The second-order valence-electron chi connectivity index (χ2n) is 6.41. The summed E-state index contributed by atoms with van der Waals surface area (Å²) in [6, 6.07) is 0. The van der Waals surface area contributed by atoms with E-state index in [4.69, 9.17) is 5.73 Å². The first-order valence-corrected chi connectivity index (χ1v) is 7.67. The summed E-state index contributed by atoms with van der Waals surface area (Å²) in [4.78, 5) is 12.2. The van der Waals surface area contributed by atoms with Crippen molar-refractivity contribution in [2.75, 3.05) is 6.54 Å². The SMILES string of the molecule is CC1CCCCC1(CN)NC(=O)CC1CCCC1. The maximum atomic E-state index is 12.2. The van der Waals surface area contributed by atoms with E-state index < -0.39 is 0 Å². The number of rotatable bonds is 4. The van der Waals surface area contributed by atoms with E-state index in [-0.39, 0.29) is 11.4 Å². The van der Waals surface area contributed by atoms with Crippen molar-refractivity contribution in [1.29, 1.82) is 0 Å². The van der Waals surface area contributed by atoms with E-state index in [1.54, 1.807) is 0 Å². The fraction of sp³-hybridized carbons (Fsp3) is 0.933. The number of carbonyl (C=O) groups is 1. The monoisotopic (exact) mass is 252 g/mol. The van der Waals surface area contributed by atoms with Crippen LogP contribution in [0.15, 0.2) is 0 Å². The summed E-state index contributed by atoms with van der Waals surface area (Å²) in [5.41, 5.74) is 5.85. The molecule has 2 rings (SSSR count). The Bertz CT molecular complexity index is 286. The lowest BCUT2D eigenvalue weighted by Gasteiger charge is -2.42. The molecule has 0 aromatic heterocycles. The molecule has 18 heavy (non-hydrogen) atoms. The zero-order valence-corrected chi connectivity index (χ0v) is 11.7. The summed E-state index contributed by atoms with van der Waals surface area (Å²) >= 11 is 0. The third-order valence-electron chi connectivity index (χ3n) is 5.15. The van der Waals surface area contributed by atoms with E-state index in [1.165, 1.54) is 44.9 Å². The highest BCUT2D eigenvalue weighted by Gasteiger charge is 2.38. The van der Waals surface area contributed by atoms with Crippen LogP contribution in [0.5, 0.6) is 0 Å². The minimum atomic E-state index is -0.117. The molecule has 0 heterocycles. The number of amides is 1. The third kappa shape index (κ3) is 3.05. The summed E-state index contributed by atoms with van der Waals surface area (Å²) in [6.07, 6.45) is 10.5. The van der Waals surface area contributed by atoms with Gasteiger partial charge in [0.2, 0.25) is 5.91 Å². The molecule has 0 aliphatic heterocycles. The van der Waals surface area contributed by atoms with Gasteiger partial charge in [-0.25, -0.2) is 0 Å². The van der Waals surface area contributed by atoms with Crippen LogP contribution in [0.4, 0.5) is 0 Å². The molecule has 1 amide bonds. The van der Waals surface area contributed by atoms with Crippen molar-refractivity contribution >= 4 is 5.91 Å².